The molecule has 0 atom stereocenters. The predicted molar refractivity (Wildman–Crippen MR) is 76.4 cm³/mol. The van der Waals surface area contributed by atoms with Crippen molar-refractivity contribution in [1.29, 1.82) is 0 Å². The molecule has 1 rings (SSSR count). The van der Waals surface area contributed by atoms with Crippen LogP contribution >= 0.6 is 11.3 Å². The Morgan fingerprint density at radius 3 is 2.56 bits per heavy atom. The van der Waals surface area contributed by atoms with Gasteiger partial charge in [0.15, 0.2) is 0 Å². The van der Waals surface area contributed by atoms with Crippen LogP contribution in [0.4, 0.5) is 0 Å². The summed E-state index contributed by atoms with van der Waals surface area (Å²) in [4.78, 5) is 1.33. The van der Waals surface area contributed by atoms with Gasteiger partial charge in [-0.05, 0) is 31.8 Å². The summed E-state index contributed by atoms with van der Waals surface area (Å²) in [7, 11) is -3.36. The van der Waals surface area contributed by atoms with E-state index in [0.717, 1.165) is 11.4 Å². The summed E-state index contributed by atoms with van der Waals surface area (Å²) in [6.07, 6.45) is 0. The van der Waals surface area contributed by atoms with E-state index in [1.807, 2.05) is 33.1 Å². The minimum absolute atomic E-state index is 0.0214. The molecule has 0 radical (unpaired) electrons. The summed E-state index contributed by atoms with van der Waals surface area (Å²) >= 11 is 1.49. The summed E-state index contributed by atoms with van der Waals surface area (Å²) in [6.45, 7) is 9.62. The molecule has 0 saturated heterocycles. The first-order chi connectivity index (χ1) is 8.45. The van der Waals surface area contributed by atoms with Gasteiger partial charge in [0.05, 0.1) is 4.90 Å². The van der Waals surface area contributed by atoms with E-state index in [2.05, 4.69) is 5.32 Å². The first-order valence-electron chi connectivity index (χ1n) is 6.24. The van der Waals surface area contributed by atoms with Crippen molar-refractivity contribution in [2.45, 2.75) is 45.2 Å². The highest BCUT2D eigenvalue weighted by Gasteiger charge is 2.28. The van der Waals surface area contributed by atoms with Crippen LogP contribution in [0.2, 0.25) is 0 Å². The Bertz CT molecular complexity index is 466. The van der Waals surface area contributed by atoms with Crippen molar-refractivity contribution in [2.75, 3.05) is 13.1 Å². The second kappa shape index (κ2) is 6.65. The van der Waals surface area contributed by atoms with E-state index in [-0.39, 0.29) is 6.04 Å². The van der Waals surface area contributed by atoms with Gasteiger partial charge in [0, 0.05) is 24.0 Å². The molecule has 0 aliphatic heterocycles. The monoisotopic (exact) mass is 290 g/mol. The zero-order chi connectivity index (χ0) is 13.8. The molecule has 0 bridgehead atoms. The van der Waals surface area contributed by atoms with Gasteiger partial charge in [0.2, 0.25) is 10.0 Å². The van der Waals surface area contributed by atoms with Crippen LogP contribution in [0.15, 0.2) is 16.3 Å². The fraction of sp³-hybridized carbons (Fsp3) is 0.667. The van der Waals surface area contributed by atoms with Gasteiger partial charge in [-0.25, -0.2) is 8.42 Å². The molecular formula is C12H22N2O2S2. The second-order valence-electron chi connectivity index (χ2n) is 4.29. The molecular weight excluding hydrogens is 268 g/mol. The van der Waals surface area contributed by atoms with E-state index in [9.17, 15) is 8.42 Å². The lowest BCUT2D eigenvalue weighted by atomic mass is 10.4. The average molecular weight is 290 g/mol. The highest BCUT2D eigenvalue weighted by molar-refractivity contribution is 7.89. The Labute approximate surface area is 114 Å². The van der Waals surface area contributed by atoms with Crippen LogP contribution in [-0.2, 0) is 16.6 Å². The van der Waals surface area contributed by atoms with Gasteiger partial charge in [-0.1, -0.05) is 13.8 Å². The maximum absolute atomic E-state index is 12.6. The number of thiophene rings is 1. The first-order valence-corrected chi connectivity index (χ1v) is 8.56. The van der Waals surface area contributed by atoms with E-state index in [1.54, 1.807) is 6.07 Å². The van der Waals surface area contributed by atoms with Crippen LogP contribution < -0.4 is 5.32 Å². The van der Waals surface area contributed by atoms with Crippen molar-refractivity contribution in [3.05, 3.63) is 16.3 Å². The molecule has 1 aromatic heterocycles. The van der Waals surface area contributed by atoms with Gasteiger partial charge in [0.25, 0.3) is 0 Å². The molecule has 1 heterocycles. The third kappa shape index (κ3) is 3.32. The minimum Gasteiger partial charge on any atom is -0.312 e. The van der Waals surface area contributed by atoms with Crippen LogP contribution in [0.5, 0.6) is 0 Å². The van der Waals surface area contributed by atoms with E-state index in [0.29, 0.717) is 18.0 Å². The average Bonchev–Trinajstić information content (AvgIpc) is 2.74. The van der Waals surface area contributed by atoms with Crippen molar-refractivity contribution in [1.82, 2.24) is 9.62 Å². The Morgan fingerprint density at radius 1 is 1.39 bits per heavy atom. The van der Waals surface area contributed by atoms with Gasteiger partial charge in [0.1, 0.15) is 0 Å². The number of nitrogens with one attached hydrogen (secondary N) is 1. The summed E-state index contributed by atoms with van der Waals surface area (Å²) in [5, 5.41) is 5.02. The Kier molecular flexibility index (Phi) is 5.78. The third-order valence-corrected chi connectivity index (χ3v) is 6.00. The van der Waals surface area contributed by atoms with E-state index >= 15 is 0 Å². The lowest BCUT2D eigenvalue weighted by Crippen LogP contribution is -2.37. The topological polar surface area (TPSA) is 49.4 Å². The van der Waals surface area contributed by atoms with E-state index < -0.39 is 10.0 Å². The standard InChI is InChI=1S/C12H22N2O2S2/c1-5-13-9-11-12(7-8-17-11)18(15,16)14(6-2)10(3)4/h7-8,10,13H,5-6,9H2,1-4H3. The second-order valence-corrected chi connectivity index (χ2v) is 7.15. The number of rotatable bonds is 7. The van der Waals surface area contributed by atoms with Crippen LogP contribution in [0.25, 0.3) is 0 Å². The highest BCUT2D eigenvalue weighted by Crippen LogP contribution is 2.26. The molecule has 1 N–H and O–H groups in total. The van der Waals surface area contributed by atoms with Crippen LogP contribution in [0.1, 0.15) is 32.6 Å². The van der Waals surface area contributed by atoms with Gasteiger partial charge >= 0.3 is 0 Å². The maximum Gasteiger partial charge on any atom is 0.244 e. The number of hydrogen-bond donors (Lipinski definition) is 1. The van der Waals surface area contributed by atoms with Gasteiger partial charge in [-0.15, -0.1) is 11.3 Å². The van der Waals surface area contributed by atoms with E-state index in [4.69, 9.17) is 0 Å². The molecule has 0 aliphatic rings. The first kappa shape index (κ1) is 15.6. The van der Waals surface area contributed by atoms with Gasteiger partial charge < -0.3 is 5.32 Å². The van der Waals surface area contributed by atoms with Crippen molar-refractivity contribution < 1.29 is 8.42 Å². The zero-order valence-corrected chi connectivity index (χ0v) is 13.1. The molecule has 0 fully saturated rings. The molecule has 4 nitrogen and oxygen atoms in total. The van der Waals surface area contributed by atoms with Crippen LogP contribution in [0.3, 0.4) is 0 Å². The summed E-state index contributed by atoms with van der Waals surface area (Å²) < 4.78 is 26.6. The molecule has 6 heteroatoms. The molecule has 0 saturated carbocycles. The largest absolute Gasteiger partial charge is 0.312 e. The Hall–Kier alpha value is -0.430. The number of nitrogens with zero attached hydrogens (tertiary/aromatic N) is 1. The molecule has 0 aliphatic carbocycles. The van der Waals surface area contributed by atoms with Crippen molar-refractivity contribution in [3.63, 3.8) is 0 Å². The molecule has 1 aromatic rings. The highest BCUT2D eigenvalue weighted by atomic mass is 32.2. The van der Waals surface area contributed by atoms with Gasteiger partial charge in [-0.2, -0.15) is 4.31 Å². The molecule has 0 unspecified atom stereocenters. The molecule has 0 amide bonds. The lowest BCUT2D eigenvalue weighted by molar-refractivity contribution is 0.369. The summed E-state index contributed by atoms with van der Waals surface area (Å²) in [5.74, 6) is 0. The van der Waals surface area contributed by atoms with Crippen LogP contribution in [0, 0.1) is 0 Å². The van der Waals surface area contributed by atoms with Crippen LogP contribution in [-0.4, -0.2) is 31.9 Å². The maximum atomic E-state index is 12.6. The third-order valence-electron chi connectivity index (χ3n) is 2.71. The summed E-state index contributed by atoms with van der Waals surface area (Å²) in [6, 6.07) is 1.68. The van der Waals surface area contributed by atoms with Crippen molar-refractivity contribution >= 4 is 21.4 Å². The quantitative estimate of drug-likeness (QED) is 0.838. The normalized spacial score (nSPS) is 12.6. The molecule has 104 valence electrons. The predicted octanol–water partition coefficient (Wildman–Crippen LogP) is 2.28. The lowest BCUT2D eigenvalue weighted by Gasteiger charge is -2.24. The smallest absolute Gasteiger partial charge is 0.244 e. The van der Waals surface area contributed by atoms with Crippen molar-refractivity contribution in [2.24, 2.45) is 0 Å². The number of sulfonamides is 1. The minimum atomic E-state index is -3.36. The fourth-order valence-corrected chi connectivity index (χ4v) is 4.90. The Morgan fingerprint density at radius 2 is 2.06 bits per heavy atom. The molecule has 0 spiro atoms. The SMILES string of the molecule is CCNCc1sccc1S(=O)(=O)N(CC)C(C)C. The summed E-state index contributed by atoms with van der Waals surface area (Å²) in [5.41, 5.74) is 0. The zero-order valence-electron chi connectivity index (χ0n) is 11.4. The molecule has 18 heavy (non-hydrogen) atoms. The van der Waals surface area contributed by atoms with Crippen molar-refractivity contribution in [3.8, 4) is 0 Å². The van der Waals surface area contributed by atoms with E-state index in [1.165, 1.54) is 15.6 Å². The fourth-order valence-electron chi connectivity index (χ4n) is 1.87. The molecule has 0 aromatic carbocycles. The number of hydrogen-bond acceptors (Lipinski definition) is 4. The Balaban J connectivity index is 3.08. The van der Waals surface area contributed by atoms with Gasteiger partial charge in [-0.3, -0.25) is 0 Å².